The maximum absolute atomic E-state index is 13.1. The van der Waals surface area contributed by atoms with Crippen molar-refractivity contribution in [3.63, 3.8) is 0 Å². The lowest BCUT2D eigenvalue weighted by Crippen LogP contribution is -2.40. The molecule has 0 spiro atoms. The number of halogens is 1. The van der Waals surface area contributed by atoms with E-state index in [0.29, 0.717) is 5.56 Å². The first-order chi connectivity index (χ1) is 14.5. The van der Waals surface area contributed by atoms with Crippen LogP contribution in [0.3, 0.4) is 0 Å². The van der Waals surface area contributed by atoms with E-state index in [1.807, 2.05) is 0 Å². The van der Waals surface area contributed by atoms with Gasteiger partial charge in [-0.15, -0.1) is 0 Å². The number of benzene rings is 1. The van der Waals surface area contributed by atoms with Gasteiger partial charge in [-0.3, -0.25) is 4.79 Å². The van der Waals surface area contributed by atoms with E-state index < -0.39 is 39.4 Å². The highest BCUT2D eigenvalue weighted by molar-refractivity contribution is 7.88. The summed E-state index contributed by atoms with van der Waals surface area (Å²) in [6.07, 6.45) is 2.03. The average molecular weight is 453 g/mol. The van der Waals surface area contributed by atoms with E-state index in [2.05, 4.69) is 14.7 Å². The summed E-state index contributed by atoms with van der Waals surface area (Å²) in [4.78, 5) is 20.6. The van der Waals surface area contributed by atoms with Crippen molar-refractivity contribution in [2.45, 2.75) is 38.3 Å². The van der Waals surface area contributed by atoms with Crippen LogP contribution < -0.4 is 4.72 Å². The molecule has 9 nitrogen and oxygen atoms in total. The second kappa shape index (κ2) is 8.85. The monoisotopic (exact) mass is 453 g/mol. The van der Waals surface area contributed by atoms with Crippen LogP contribution in [0.1, 0.15) is 25.3 Å². The largest absolute Gasteiger partial charge is 0.507 e. The van der Waals surface area contributed by atoms with Crippen molar-refractivity contribution < 1.29 is 32.6 Å². The van der Waals surface area contributed by atoms with Gasteiger partial charge in [-0.1, -0.05) is 6.07 Å². The van der Waals surface area contributed by atoms with Gasteiger partial charge in [-0.2, -0.15) is 0 Å². The fraction of sp³-hybridized carbons (Fsp3) is 0.450. The molecule has 168 valence electrons. The highest BCUT2D eigenvalue weighted by Crippen LogP contribution is 2.43. The number of aliphatic hydroxyl groups excluding tert-OH is 1. The zero-order chi connectivity index (χ0) is 22.8. The molecule has 2 aromatic rings. The third-order valence-electron chi connectivity index (χ3n) is 5.21. The molecule has 1 saturated carbocycles. The minimum absolute atomic E-state index is 0.00226. The summed E-state index contributed by atoms with van der Waals surface area (Å²) < 4.78 is 44.1. The van der Waals surface area contributed by atoms with Crippen LogP contribution in [0.4, 0.5) is 4.39 Å². The molecule has 3 N–H and O–H groups in total. The normalized spacial score (nSPS) is 23.6. The number of sulfonamides is 1. The Bertz CT molecular complexity index is 1060. The fourth-order valence-corrected chi connectivity index (χ4v) is 4.75. The molecule has 0 saturated heterocycles. The van der Waals surface area contributed by atoms with Gasteiger partial charge in [-0.05, 0) is 43.9 Å². The molecular weight excluding hydrogens is 429 g/mol. The fourth-order valence-electron chi connectivity index (χ4n) is 3.96. The first-order valence-corrected chi connectivity index (χ1v) is 11.5. The van der Waals surface area contributed by atoms with E-state index in [1.165, 1.54) is 6.07 Å². The van der Waals surface area contributed by atoms with Crippen LogP contribution in [0.25, 0.3) is 11.4 Å². The Morgan fingerprint density at radius 3 is 2.61 bits per heavy atom. The number of aliphatic hydroxyl groups is 1. The maximum Gasteiger partial charge on any atom is 0.312 e. The topological polar surface area (TPSA) is 139 Å². The third-order valence-corrected chi connectivity index (χ3v) is 5.94. The summed E-state index contributed by atoms with van der Waals surface area (Å²) in [5, 5.41) is 20.7. The number of aromatic nitrogens is 2. The van der Waals surface area contributed by atoms with Crippen molar-refractivity contribution >= 4 is 16.0 Å². The first-order valence-electron chi connectivity index (χ1n) is 9.65. The zero-order valence-electron chi connectivity index (χ0n) is 17.1. The van der Waals surface area contributed by atoms with Gasteiger partial charge in [0.15, 0.2) is 11.6 Å². The molecule has 0 amide bonds. The number of ether oxygens (including phenoxy) is 1. The maximum atomic E-state index is 13.1. The van der Waals surface area contributed by atoms with Crippen LogP contribution in [0.5, 0.6) is 5.75 Å². The number of rotatable bonds is 7. The number of carbonyl (C=O) groups is 1. The second-order valence-corrected chi connectivity index (χ2v) is 9.51. The molecular formula is C20H24FN3O6S. The number of aromatic hydroxyl groups is 1. The molecule has 0 unspecified atom stereocenters. The van der Waals surface area contributed by atoms with E-state index in [9.17, 15) is 27.8 Å². The smallest absolute Gasteiger partial charge is 0.312 e. The Balaban J connectivity index is 1.95. The Kier molecular flexibility index (Phi) is 6.58. The summed E-state index contributed by atoms with van der Waals surface area (Å²) in [5.74, 6) is -1.18. The highest BCUT2D eigenvalue weighted by Gasteiger charge is 2.51. The summed E-state index contributed by atoms with van der Waals surface area (Å²) in [6.45, 7) is 1.79. The van der Waals surface area contributed by atoms with E-state index in [4.69, 9.17) is 4.74 Å². The molecule has 0 aliphatic heterocycles. The Labute approximate surface area is 179 Å². The van der Waals surface area contributed by atoms with Crippen LogP contribution in [0.2, 0.25) is 0 Å². The molecule has 1 aromatic carbocycles. The number of esters is 1. The number of phenols is 1. The van der Waals surface area contributed by atoms with E-state index >= 15 is 0 Å². The quantitative estimate of drug-likeness (QED) is 0.531. The summed E-state index contributed by atoms with van der Waals surface area (Å²) >= 11 is 0. The minimum Gasteiger partial charge on any atom is -0.507 e. The minimum atomic E-state index is -3.60. The molecule has 11 heteroatoms. The predicted molar refractivity (Wildman–Crippen MR) is 109 cm³/mol. The number of nitrogens with one attached hydrogen (secondary N) is 1. The van der Waals surface area contributed by atoms with Crippen molar-refractivity contribution in [1.82, 2.24) is 14.7 Å². The van der Waals surface area contributed by atoms with E-state index in [-0.39, 0.29) is 43.0 Å². The Hall–Kier alpha value is -2.63. The molecule has 1 aliphatic carbocycles. The molecule has 3 atom stereocenters. The van der Waals surface area contributed by atoms with Crippen LogP contribution >= 0.6 is 0 Å². The third kappa shape index (κ3) is 5.35. The number of hydrogen-bond donors (Lipinski definition) is 3. The van der Waals surface area contributed by atoms with Gasteiger partial charge in [0.05, 0.1) is 42.3 Å². The average Bonchev–Trinajstić information content (AvgIpc) is 2.99. The van der Waals surface area contributed by atoms with Gasteiger partial charge in [0.2, 0.25) is 10.0 Å². The number of nitrogens with zero attached hydrogens (tertiary/aromatic N) is 2. The summed E-state index contributed by atoms with van der Waals surface area (Å²) in [5.41, 5.74) is -0.308. The van der Waals surface area contributed by atoms with E-state index in [1.54, 1.807) is 19.1 Å². The van der Waals surface area contributed by atoms with Gasteiger partial charge < -0.3 is 14.9 Å². The van der Waals surface area contributed by atoms with Crippen LogP contribution in [-0.4, -0.2) is 59.6 Å². The summed E-state index contributed by atoms with van der Waals surface area (Å²) in [6, 6.07) is 3.75. The first kappa shape index (κ1) is 23.0. The van der Waals surface area contributed by atoms with Gasteiger partial charge in [0, 0.05) is 6.04 Å². The van der Waals surface area contributed by atoms with Gasteiger partial charge in [0.25, 0.3) is 0 Å². The Morgan fingerprint density at radius 2 is 2.00 bits per heavy atom. The molecule has 0 bridgehead atoms. The van der Waals surface area contributed by atoms with Gasteiger partial charge >= 0.3 is 5.97 Å². The highest BCUT2D eigenvalue weighted by atomic mass is 32.2. The lowest BCUT2D eigenvalue weighted by molar-refractivity contribution is -0.155. The van der Waals surface area contributed by atoms with Crippen LogP contribution in [0, 0.1) is 11.2 Å². The van der Waals surface area contributed by atoms with Crippen molar-refractivity contribution in [3.05, 3.63) is 42.0 Å². The molecule has 31 heavy (non-hydrogen) atoms. The SMILES string of the molecule is CCOC(=O)[C@@]1(Cc2ccc(O)c(-c3ncc(F)cn3)c2)C[C@@H](O)[C@H](NS(C)(=O)=O)C1. The summed E-state index contributed by atoms with van der Waals surface area (Å²) in [7, 11) is -3.60. The van der Waals surface area contributed by atoms with Crippen LogP contribution in [0.15, 0.2) is 30.6 Å². The van der Waals surface area contributed by atoms with Gasteiger partial charge in [0.1, 0.15) is 5.75 Å². The molecule has 3 rings (SSSR count). The van der Waals surface area contributed by atoms with Gasteiger partial charge in [-0.25, -0.2) is 27.5 Å². The standard InChI is InChI=1S/C20H24FN3O6S/c1-3-30-19(27)20(8-15(17(26)9-20)24-31(2,28)29)7-12-4-5-16(25)14(6-12)18-22-10-13(21)11-23-18/h4-6,10-11,15,17,24-26H,3,7-9H2,1-2H3/t15-,17-,20-/m1/s1. The van der Waals surface area contributed by atoms with Crippen LogP contribution in [-0.2, 0) is 26.0 Å². The molecule has 1 aliphatic rings. The zero-order valence-corrected chi connectivity index (χ0v) is 17.9. The van der Waals surface area contributed by atoms with Crippen molar-refractivity contribution in [2.24, 2.45) is 5.41 Å². The Morgan fingerprint density at radius 1 is 1.32 bits per heavy atom. The lowest BCUT2D eigenvalue weighted by Gasteiger charge is -2.27. The lowest BCUT2D eigenvalue weighted by atomic mass is 9.79. The second-order valence-electron chi connectivity index (χ2n) is 7.73. The number of carbonyl (C=O) groups excluding carboxylic acids is 1. The molecule has 0 radical (unpaired) electrons. The van der Waals surface area contributed by atoms with Crippen molar-refractivity contribution in [2.75, 3.05) is 12.9 Å². The van der Waals surface area contributed by atoms with Crippen molar-refractivity contribution in [3.8, 4) is 17.1 Å². The molecule has 1 fully saturated rings. The molecule has 1 heterocycles. The predicted octanol–water partition coefficient (Wildman–Crippen LogP) is 1.15. The number of hydrogen-bond acceptors (Lipinski definition) is 8. The van der Waals surface area contributed by atoms with E-state index in [0.717, 1.165) is 18.6 Å². The number of phenolic OH excluding ortho intramolecular Hbond substituents is 1. The van der Waals surface area contributed by atoms with Crippen molar-refractivity contribution in [1.29, 1.82) is 0 Å². The molecule has 1 aromatic heterocycles.